The van der Waals surface area contributed by atoms with Gasteiger partial charge in [0.25, 0.3) is 0 Å². The lowest BCUT2D eigenvalue weighted by Crippen LogP contribution is -2.09. The van der Waals surface area contributed by atoms with Crippen molar-refractivity contribution in [3.05, 3.63) is 29.6 Å². The number of ether oxygens (including phenoxy) is 1. The fraction of sp³-hybridized carbons (Fsp3) is 0.455. The molecule has 1 atom stereocenters. The molecule has 0 aliphatic rings. The average molecular weight is 217 g/mol. The van der Waals surface area contributed by atoms with Crippen LogP contribution in [0, 0.1) is 5.82 Å². The van der Waals surface area contributed by atoms with Crippen molar-refractivity contribution in [3.8, 4) is 5.75 Å². The first-order valence-electron chi connectivity index (χ1n) is 4.68. The van der Waals surface area contributed by atoms with E-state index in [1.54, 1.807) is 12.1 Å². The van der Waals surface area contributed by atoms with Crippen molar-refractivity contribution < 1.29 is 9.13 Å². The molecule has 0 fully saturated rings. The van der Waals surface area contributed by atoms with Gasteiger partial charge in [-0.2, -0.15) is 0 Å². The van der Waals surface area contributed by atoms with Gasteiger partial charge in [0.1, 0.15) is 11.6 Å². The number of halogens is 2. The van der Waals surface area contributed by atoms with Crippen LogP contribution in [0.1, 0.15) is 25.8 Å². The summed E-state index contributed by atoms with van der Waals surface area (Å²) in [6.45, 7) is 4.01. The monoisotopic (exact) mass is 216 g/mol. The Bertz CT molecular complexity index is 301. The highest BCUT2D eigenvalue weighted by atomic mass is 35.5. The van der Waals surface area contributed by atoms with E-state index in [9.17, 15) is 4.39 Å². The second kappa shape index (κ2) is 5.20. The molecule has 0 aliphatic carbocycles. The molecule has 1 aromatic rings. The minimum absolute atomic E-state index is 0.142. The Labute approximate surface area is 88.8 Å². The van der Waals surface area contributed by atoms with E-state index in [2.05, 4.69) is 0 Å². The molecule has 0 radical (unpaired) electrons. The molecule has 0 spiro atoms. The van der Waals surface area contributed by atoms with Crippen LogP contribution >= 0.6 is 11.6 Å². The minimum Gasteiger partial charge on any atom is -0.491 e. The Morgan fingerprint density at radius 2 is 2.21 bits per heavy atom. The molecule has 0 heterocycles. The molecule has 14 heavy (non-hydrogen) atoms. The maximum atomic E-state index is 13.0. The number of rotatable bonds is 4. The lowest BCUT2D eigenvalue weighted by Gasteiger charge is -2.13. The van der Waals surface area contributed by atoms with Crippen LogP contribution < -0.4 is 4.74 Å². The van der Waals surface area contributed by atoms with E-state index in [-0.39, 0.29) is 17.8 Å². The summed E-state index contributed by atoms with van der Waals surface area (Å²) in [5.74, 6) is 0.566. The number of hydrogen-bond donors (Lipinski definition) is 0. The topological polar surface area (TPSA) is 9.23 Å². The van der Waals surface area contributed by atoms with Gasteiger partial charge in [-0.15, -0.1) is 11.6 Å². The second-order valence-electron chi connectivity index (χ2n) is 3.22. The largest absolute Gasteiger partial charge is 0.491 e. The predicted molar refractivity (Wildman–Crippen MR) is 56.3 cm³/mol. The van der Waals surface area contributed by atoms with E-state index in [4.69, 9.17) is 16.3 Å². The van der Waals surface area contributed by atoms with Gasteiger partial charge >= 0.3 is 0 Å². The van der Waals surface area contributed by atoms with Gasteiger partial charge < -0.3 is 4.74 Å². The van der Waals surface area contributed by atoms with E-state index in [0.717, 1.165) is 6.42 Å². The van der Waals surface area contributed by atoms with Gasteiger partial charge in [0.05, 0.1) is 12.0 Å². The van der Waals surface area contributed by atoms with Gasteiger partial charge in [-0.05, 0) is 31.5 Å². The summed E-state index contributed by atoms with van der Waals surface area (Å²) in [6.07, 6.45) is 1.07. The van der Waals surface area contributed by atoms with Crippen LogP contribution in [0.3, 0.4) is 0 Å². The average Bonchev–Trinajstić information content (AvgIpc) is 2.20. The first-order valence-corrected chi connectivity index (χ1v) is 5.21. The molecule has 0 bridgehead atoms. The van der Waals surface area contributed by atoms with Gasteiger partial charge in [0.2, 0.25) is 0 Å². The van der Waals surface area contributed by atoms with Crippen LogP contribution in [0.4, 0.5) is 4.39 Å². The molecule has 0 saturated carbocycles. The van der Waals surface area contributed by atoms with Gasteiger partial charge in [-0.3, -0.25) is 0 Å². The van der Waals surface area contributed by atoms with E-state index in [1.165, 1.54) is 6.07 Å². The Morgan fingerprint density at radius 3 is 2.79 bits per heavy atom. The molecule has 1 nitrogen and oxygen atoms in total. The summed E-state index contributed by atoms with van der Waals surface area (Å²) < 4.78 is 18.6. The summed E-state index contributed by atoms with van der Waals surface area (Å²) >= 11 is 5.58. The summed E-state index contributed by atoms with van der Waals surface area (Å²) in [6, 6.07) is 4.65. The van der Waals surface area contributed by atoms with Crippen molar-refractivity contribution in [1.29, 1.82) is 0 Å². The molecule has 0 saturated heterocycles. The SMILES string of the molecule is CCC(C)Oc1ccc(F)c(CCl)c1. The molecule has 0 aliphatic heterocycles. The fourth-order valence-corrected chi connectivity index (χ4v) is 1.25. The van der Waals surface area contributed by atoms with Crippen LogP contribution in [-0.4, -0.2) is 6.10 Å². The van der Waals surface area contributed by atoms with Crippen LogP contribution in [-0.2, 0) is 5.88 Å². The predicted octanol–water partition coefficient (Wildman–Crippen LogP) is 3.74. The summed E-state index contributed by atoms with van der Waals surface area (Å²) in [5.41, 5.74) is 0.479. The minimum atomic E-state index is -0.281. The van der Waals surface area contributed by atoms with Crippen LogP contribution in [0.2, 0.25) is 0 Å². The molecule has 0 aromatic heterocycles. The zero-order valence-corrected chi connectivity index (χ0v) is 9.14. The van der Waals surface area contributed by atoms with Crippen molar-refractivity contribution in [3.63, 3.8) is 0 Å². The second-order valence-corrected chi connectivity index (χ2v) is 3.49. The lowest BCUT2D eigenvalue weighted by atomic mass is 10.2. The maximum absolute atomic E-state index is 13.0. The van der Waals surface area contributed by atoms with Gasteiger partial charge in [0, 0.05) is 5.56 Å². The Hall–Kier alpha value is -0.760. The van der Waals surface area contributed by atoms with Gasteiger partial charge in [0.15, 0.2) is 0 Å². The molecule has 0 amide bonds. The molecule has 1 rings (SSSR count). The Morgan fingerprint density at radius 1 is 1.50 bits per heavy atom. The van der Waals surface area contributed by atoms with Crippen molar-refractivity contribution in [2.45, 2.75) is 32.3 Å². The summed E-state index contributed by atoms with van der Waals surface area (Å²) in [5, 5.41) is 0. The first kappa shape index (κ1) is 11.3. The Balaban J connectivity index is 2.79. The molecular formula is C11H14ClFO. The number of alkyl halides is 1. The fourth-order valence-electron chi connectivity index (χ4n) is 1.04. The van der Waals surface area contributed by atoms with E-state index in [1.807, 2.05) is 13.8 Å². The third-order valence-corrected chi connectivity index (χ3v) is 2.36. The lowest BCUT2D eigenvalue weighted by molar-refractivity contribution is 0.217. The molecule has 78 valence electrons. The van der Waals surface area contributed by atoms with Gasteiger partial charge in [-0.25, -0.2) is 4.39 Å². The highest BCUT2D eigenvalue weighted by Gasteiger charge is 2.05. The third-order valence-electron chi connectivity index (χ3n) is 2.07. The summed E-state index contributed by atoms with van der Waals surface area (Å²) in [7, 11) is 0. The number of benzene rings is 1. The maximum Gasteiger partial charge on any atom is 0.127 e. The normalized spacial score (nSPS) is 12.6. The van der Waals surface area contributed by atoms with Gasteiger partial charge in [-0.1, -0.05) is 6.92 Å². The van der Waals surface area contributed by atoms with Crippen LogP contribution in [0.15, 0.2) is 18.2 Å². The zero-order chi connectivity index (χ0) is 10.6. The highest BCUT2D eigenvalue weighted by Crippen LogP contribution is 2.19. The van der Waals surface area contributed by atoms with Crippen molar-refractivity contribution in [1.82, 2.24) is 0 Å². The standard InChI is InChI=1S/C11H14ClFO/c1-3-8(2)14-10-4-5-11(13)9(6-10)7-12/h4-6,8H,3,7H2,1-2H3. The van der Waals surface area contributed by atoms with E-state index < -0.39 is 0 Å². The van der Waals surface area contributed by atoms with Crippen molar-refractivity contribution in [2.75, 3.05) is 0 Å². The van der Waals surface area contributed by atoms with Crippen molar-refractivity contribution >= 4 is 11.6 Å². The van der Waals surface area contributed by atoms with Crippen LogP contribution in [0.5, 0.6) is 5.75 Å². The first-order chi connectivity index (χ1) is 6.67. The highest BCUT2D eigenvalue weighted by molar-refractivity contribution is 6.17. The Kier molecular flexibility index (Phi) is 4.21. The third kappa shape index (κ3) is 2.88. The molecule has 0 N–H and O–H groups in total. The smallest absolute Gasteiger partial charge is 0.127 e. The summed E-state index contributed by atoms with van der Waals surface area (Å²) in [4.78, 5) is 0. The quantitative estimate of drug-likeness (QED) is 0.697. The van der Waals surface area contributed by atoms with E-state index >= 15 is 0 Å². The molecule has 1 unspecified atom stereocenters. The number of hydrogen-bond acceptors (Lipinski definition) is 1. The zero-order valence-electron chi connectivity index (χ0n) is 8.39. The molecule has 1 aromatic carbocycles. The molecule has 3 heteroatoms. The van der Waals surface area contributed by atoms with Crippen molar-refractivity contribution in [2.24, 2.45) is 0 Å². The van der Waals surface area contributed by atoms with E-state index in [0.29, 0.717) is 11.3 Å². The molecular weight excluding hydrogens is 203 g/mol. The van der Waals surface area contributed by atoms with Crippen LogP contribution in [0.25, 0.3) is 0 Å².